The number of rotatable bonds is 8. The van der Waals surface area contributed by atoms with E-state index in [-0.39, 0.29) is 0 Å². The van der Waals surface area contributed by atoms with Crippen LogP contribution in [0.2, 0.25) is 0 Å². The SMILES string of the molecule is CCCCCCCCNCC(C)(C)C. The van der Waals surface area contributed by atoms with Crippen molar-refractivity contribution >= 4 is 0 Å². The molecule has 0 heterocycles. The van der Waals surface area contributed by atoms with Crippen LogP contribution >= 0.6 is 0 Å². The number of hydrogen-bond donors (Lipinski definition) is 1. The van der Waals surface area contributed by atoms with Crippen LogP contribution in [-0.4, -0.2) is 13.1 Å². The Morgan fingerprint density at radius 2 is 1.43 bits per heavy atom. The van der Waals surface area contributed by atoms with Crippen LogP contribution in [-0.2, 0) is 0 Å². The van der Waals surface area contributed by atoms with E-state index in [1.165, 1.54) is 45.1 Å². The van der Waals surface area contributed by atoms with Crippen molar-refractivity contribution in [2.45, 2.75) is 66.2 Å². The first kappa shape index (κ1) is 14.0. The second-order valence-electron chi connectivity index (χ2n) is 5.51. The second kappa shape index (κ2) is 8.28. The van der Waals surface area contributed by atoms with Gasteiger partial charge in [0.25, 0.3) is 0 Å². The van der Waals surface area contributed by atoms with Gasteiger partial charge >= 0.3 is 0 Å². The molecule has 0 rings (SSSR count). The highest BCUT2D eigenvalue weighted by molar-refractivity contribution is 4.64. The Morgan fingerprint density at radius 3 is 2.00 bits per heavy atom. The minimum atomic E-state index is 0.433. The minimum Gasteiger partial charge on any atom is -0.316 e. The Bertz CT molecular complexity index is 113. The van der Waals surface area contributed by atoms with Crippen molar-refractivity contribution in [3.8, 4) is 0 Å². The Morgan fingerprint density at radius 1 is 0.857 bits per heavy atom. The van der Waals surface area contributed by atoms with Crippen molar-refractivity contribution in [1.82, 2.24) is 5.32 Å². The predicted octanol–water partition coefficient (Wildman–Crippen LogP) is 3.98. The van der Waals surface area contributed by atoms with E-state index in [4.69, 9.17) is 0 Å². The molecule has 0 aliphatic heterocycles. The maximum Gasteiger partial charge on any atom is -0.0000126 e. The van der Waals surface area contributed by atoms with Crippen molar-refractivity contribution in [3.63, 3.8) is 0 Å². The van der Waals surface area contributed by atoms with Crippen molar-refractivity contribution in [2.24, 2.45) is 5.41 Å². The van der Waals surface area contributed by atoms with Gasteiger partial charge in [0.05, 0.1) is 0 Å². The van der Waals surface area contributed by atoms with Crippen LogP contribution in [0.5, 0.6) is 0 Å². The van der Waals surface area contributed by atoms with Gasteiger partial charge in [-0.15, -0.1) is 0 Å². The summed E-state index contributed by atoms with van der Waals surface area (Å²) in [5, 5.41) is 3.52. The van der Waals surface area contributed by atoms with Gasteiger partial charge in [0.1, 0.15) is 0 Å². The lowest BCUT2D eigenvalue weighted by molar-refractivity contribution is 0.377. The Balaban J connectivity index is 2.99. The fraction of sp³-hybridized carbons (Fsp3) is 1.00. The van der Waals surface area contributed by atoms with E-state index in [0.717, 1.165) is 6.54 Å². The van der Waals surface area contributed by atoms with Crippen molar-refractivity contribution < 1.29 is 0 Å². The molecule has 1 heteroatoms. The fourth-order valence-electron chi connectivity index (χ4n) is 1.49. The minimum absolute atomic E-state index is 0.433. The van der Waals surface area contributed by atoms with Crippen LogP contribution < -0.4 is 5.32 Å². The Labute approximate surface area is 90.7 Å². The molecule has 0 saturated heterocycles. The summed E-state index contributed by atoms with van der Waals surface area (Å²) in [4.78, 5) is 0. The molecule has 0 aromatic carbocycles. The maximum atomic E-state index is 3.52. The highest BCUT2D eigenvalue weighted by Crippen LogP contribution is 2.10. The van der Waals surface area contributed by atoms with E-state index in [1.807, 2.05) is 0 Å². The Hall–Kier alpha value is -0.0400. The van der Waals surface area contributed by atoms with E-state index in [1.54, 1.807) is 0 Å². The summed E-state index contributed by atoms with van der Waals surface area (Å²) in [5.74, 6) is 0. The van der Waals surface area contributed by atoms with Gasteiger partial charge in [0.2, 0.25) is 0 Å². The average Bonchev–Trinajstić information content (AvgIpc) is 2.08. The van der Waals surface area contributed by atoms with Gasteiger partial charge in [-0.2, -0.15) is 0 Å². The van der Waals surface area contributed by atoms with Crippen LogP contribution in [0.4, 0.5) is 0 Å². The van der Waals surface area contributed by atoms with Crippen molar-refractivity contribution in [2.75, 3.05) is 13.1 Å². The van der Waals surface area contributed by atoms with E-state index in [0.29, 0.717) is 5.41 Å². The first-order chi connectivity index (χ1) is 6.56. The topological polar surface area (TPSA) is 12.0 Å². The molecule has 1 nitrogen and oxygen atoms in total. The second-order valence-corrected chi connectivity index (χ2v) is 5.51. The first-order valence-corrected chi connectivity index (χ1v) is 6.27. The third-order valence-electron chi connectivity index (χ3n) is 2.36. The molecule has 0 aliphatic rings. The van der Waals surface area contributed by atoms with E-state index < -0.39 is 0 Å². The molecule has 0 saturated carbocycles. The molecule has 1 N–H and O–H groups in total. The van der Waals surface area contributed by atoms with Gasteiger partial charge in [-0.25, -0.2) is 0 Å². The number of unbranched alkanes of at least 4 members (excludes halogenated alkanes) is 5. The monoisotopic (exact) mass is 199 g/mol. The van der Waals surface area contributed by atoms with E-state index in [2.05, 4.69) is 33.0 Å². The van der Waals surface area contributed by atoms with Gasteiger partial charge in [-0.1, -0.05) is 59.8 Å². The molecule has 0 fully saturated rings. The molecule has 0 spiro atoms. The molecular formula is C13H29N. The standard InChI is InChI=1S/C13H29N/c1-5-6-7-8-9-10-11-14-12-13(2,3)4/h14H,5-12H2,1-4H3. The maximum absolute atomic E-state index is 3.52. The molecule has 0 aliphatic carbocycles. The van der Waals surface area contributed by atoms with Gasteiger partial charge in [0.15, 0.2) is 0 Å². The zero-order valence-corrected chi connectivity index (χ0v) is 10.7. The van der Waals surface area contributed by atoms with Gasteiger partial charge in [-0.3, -0.25) is 0 Å². The molecular weight excluding hydrogens is 170 g/mol. The molecule has 0 bridgehead atoms. The molecule has 0 aromatic rings. The van der Waals surface area contributed by atoms with Crippen molar-refractivity contribution in [3.05, 3.63) is 0 Å². The molecule has 14 heavy (non-hydrogen) atoms. The van der Waals surface area contributed by atoms with Crippen molar-refractivity contribution in [1.29, 1.82) is 0 Å². The zero-order valence-electron chi connectivity index (χ0n) is 10.7. The largest absolute Gasteiger partial charge is 0.316 e. The summed E-state index contributed by atoms with van der Waals surface area (Å²) in [6, 6.07) is 0. The van der Waals surface area contributed by atoms with Crippen LogP contribution in [0.25, 0.3) is 0 Å². The lowest BCUT2D eigenvalue weighted by atomic mass is 9.97. The van der Waals surface area contributed by atoms with E-state index >= 15 is 0 Å². The summed E-state index contributed by atoms with van der Waals surface area (Å²) in [7, 11) is 0. The fourth-order valence-corrected chi connectivity index (χ4v) is 1.49. The molecule has 0 aromatic heterocycles. The summed E-state index contributed by atoms with van der Waals surface area (Å²) in [6.07, 6.45) is 8.36. The number of hydrogen-bond acceptors (Lipinski definition) is 1. The highest BCUT2D eigenvalue weighted by atomic mass is 14.9. The molecule has 0 radical (unpaired) electrons. The summed E-state index contributed by atoms with van der Waals surface area (Å²) >= 11 is 0. The van der Waals surface area contributed by atoms with Crippen LogP contribution in [0.1, 0.15) is 66.2 Å². The molecule has 86 valence electrons. The van der Waals surface area contributed by atoms with Crippen LogP contribution in [0.3, 0.4) is 0 Å². The van der Waals surface area contributed by atoms with Gasteiger partial charge in [-0.05, 0) is 24.9 Å². The third kappa shape index (κ3) is 12.0. The average molecular weight is 199 g/mol. The normalized spacial score (nSPS) is 12.0. The summed E-state index contributed by atoms with van der Waals surface area (Å²) in [6.45, 7) is 11.4. The highest BCUT2D eigenvalue weighted by Gasteiger charge is 2.07. The quantitative estimate of drug-likeness (QED) is 0.583. The smallest absolute Gasteiger partial charge is 0.0000126 e. The van der Waals surface area contributed by atoms with Gasteiger partial charge < -0.3 is 5.32 Å². The molecule has 0 atom stereocenters. The first-order valence-electron chi connectivity index (χ1n) is 6.27. The van der Waals surface area contributed by atoms with Crippen LogP contribution in [0, 0.1) is 5.41 Å². The molecule has 0 unspecified atom stereocenters. The lowest BCUT2D eigenvalue weighted by Crippen LogP contribution is -2.27. The van der Waals surface area contributed by atoms with Crippen LogP contribution in [0.15, 0.2) is 0 Å². The molecule has 0 amide bonds. The Kier molecular flexibility index (Phi) is 8.26. The summed E-state index contributed by atoms with van der Waals surface area (Å²) in [5.41, 5.74) is 0.433. The van der Waals surface area contributed by atoms with E-state index in [9.17, 15) is 0 Å². The van der Waals surface area contributed by atoms with Gasteiger partial charge in [0, 0.05) is 0 Å². The lowest BCUT2D eigenvalue weighted by Gasteiger charge is -2.18. The summed E-state index contributed by atoms with van der Waals surface area (Å²) < 4.78 is 0. The predicted molar refractivity (Wildman–Crippen MR) is 65.7 cm³/mol. The number of nitrogens with one attached hydrogen (secondary N) is 1. The third-order valence-corrected chi connectivity index (χ3v) is 2.36. The zero-order chi connectivity index (χ0) is 10.9.